The summed E-state index contributed by atoms with van der Waals surface area (Å²) in [5, 5.41) is 2.71. The van der Waals surface area contributed by atoms with E-state index in [1.165, 1.54) is 19.2 Å². The van der Waals surface area contributed by atoms with Crippen molar-refractivity contribution in [2.45, 2.75) is 36.2 Å². The van der Waals surface area contributed by atoms with Crippen molar-refractivity contribution in [2.24, 2.45) is 5.73 Å². The molecule has 4 N–H and O–H groups in total. The van der Waals surface area contributed by atoms with Crippen LogP contribution in [-0.2, 0) is 14.8 Å². The average molecular weight is 426 g/mol. The fraction of sp³-hybridized carbons (Fsp3) is 0.316. The van der Waals surface area contributed by atoms with Crippen LogP contribution in [0.5, 0.6) is 5.75 Å². The van der Waals surface area contributed by atoms with Crippen LogP contribution >= 0.6 is 12.4 Å². The lowest BCUT2D eigenvalue weighted by Gasteiger charge is -2.14. The Bertz CT molecular complexity index is 918. The number of rotatable bonds is 8. The van der Waals surface area contributed by atoms with Gasteiger partial charge >= 0.3 is 0 Å². The molecule has 28 heavy (non-hydrogen) atoms. The molecule has 1 aliphatic rings. The molecule has 0 saturated heterocycles. The Kier molecular flexibility index (Phi) is 7.42. The fourth-order valence-corrected chi connectivity index (χ4v) is 4.18. The van der Waals surface area contributed by atoms with Gasteiger partial charge in [-0.05, 0) is 36.6 Å². The minimum absolute atomic E-state index is 0. The third kappa shape index (κ3) is 5.68. The van der Waals surface area contributed by atoms with Gasteiger partial charge in [-0.1, -0.05) is 30.3 Å². The molecule has 0 heterocycles. The largest absolute Gasteiger partial charge is 0.495 e. The van der Waals surface area contributed by atoms with E-state index >= 15 is 0 Å². The summed E-state index contributed by atoms with van der Waals surface area (Å²) >= 11 is 0. The minimum Gasteiger partial charge on any atom is -0.495 e. The first-order valence-corrected chi connectivity index (χ1v) is 10.2. The molecular weight excluding hydrogens is 402 g/mol. The highest BCUT2D eigenvalue weighted by molar-refractivity contribution is 7.89. The van der Waals surface area contributed by atoms with Crippen molar-refractivity contribution in [3.63, 3.8) is 0 Å². The van der Waals surface area contributed by atoms with E-state index in [9.17, 15) is 13.2 Å². The Hall–Kier alpha value is -2.13. The summed E-state index contributed by atoms with van der Waals surface area (Å²) in [7, 11) is -2.31. The number of benzene rings is 2. The number of sulfonamides is 1. The minimum atomic E-state index is -3.72. The Labute approximate surface area is 171 Å². The van der Waals surface area contributed by atoms with E-state index in [0.29, 0.717) is 5.69 Å². The maximum Gasteiger partial charge on any atom is 0.244 e. The molecule has 1 fully saturated rings. The summed E-state index contributed by atoms with van der Waals surface area (Å²) in [5.41, 5.74) is 7.30. The third-order valence-corrected chi connectivity index (χ3v) is 5.81. The normalized spacial score (nSPS) is 14.6. The highest BCUT2D eigenvalue weighted by Gasteiger charge is 2.30. The number of methoxy groups -OCH3 is 1. The van der Waals surface area contributed by atoms with Gasteiger partial charge in [0.05, 0.1) is 7.11 Å². The summed E-state index contributed by atoms with van der Waals surface area (Å²) in [5.74, 6) is -0.0721. The molecule has 1 unspecified atom stereocenters. The average Bonchev–Trinajstić information content (AvgIpc) is 3.45. The smallest absolute Gasteiger partial charge is 0.244 e. The van der Waals surface area contributed by atoms with Gasteiger partial charge in [-0.3, -0.25) is 4.79 Å². The van der Waals surface area contributed by atoms with Crippen LogP contribution in [0.3, 0.4) is 0 Å². The van der Waals surface area contributed by atoms with Gasteiger partial charge < -0.3 is 15.8 Å². The fourth-order valence-electron chi connectivity index (χ4n) is 2.68. The van der Waals surface area contributed by atoms with Gasteiger partial charge in [-0.25, -0.2) is 13.1 Å². The lowest BCUT2D eigenvalue weighted by molar-refractivity contribution is -0.116. The molecule has 1 saturated carbocycles. The number of ether oxygens (including phenoxy) is 1. The molecule has 0 bridgehead atoms. The number of anilines is 1. The van der Waals surface area contributed by atoms with Crippen molar-refractivity contribution in [3.8, 4) is 5.75 Å². The highest BCUT2D eigenvalue weighted by atomic mass is 35.5. The maximum absolute atomic E-state index is 12.5. The molecule has 1 atom stereocenters. The number of carbonyl (C=O) groups excluding carboxylic acids is 1. The second kappa shape index (κ2) is 9.38. The number of nitrogens with one attached hydrogen (secondary N) is 2. The van der Waals surface area contributed by atoms with Crippen molar-refractivity contribution in [2.75, 3.05) is 12.4 Å². The van der Waals surface area contributed by atoms with Crippen LogP contribution in [0.15, 0.2) is 53.4 Å². The number of nitrogens with two attached hydrogens (primary N) is 1. The van der Waals surface area contributed by atoms with Crippen LogP contribution in [-0.4, -0.2) is 27.5 Å². The van der Waals surface area contributed by atoms with Crippen molar-refractivity contribution in [3.05, 3.63) is 54.1 Å². The Balaban J connectivity index is 0.00000280. The summed E-state index contributed by atoms with van der Waals surface area (Å²) in [6.45, 7) is 0. The van der Waals surface area contributed by atoms with Gasteiger partial charge in [0.1, 0.15) is 10.6 Å². The van der Waals surface area contributed by atoms with E-state index < -0.39 is 16.1 Å². The van der Waals surface area contributed by atoms with Crippen LogP contribution in [0.4, 0.5) is 5.69 Å². The molecule has 152 valence electrons. The van der Waals surface area contributed by atoms with Gasteiger partial charge in [0, 0.05) is 24.2 Å². The van der Waals surface area contributed by atoms with Crippen LogP contribution in [0.2, 0.25) is 0 Å². The summed E-state index contributed by atoms with van der Waals surface area (Å²) < 4.78 is 32.9. The molecule has 2 aromatic rings. The summed E-state index contributed by atoms with van der Waals surface area (Å²) in [4.78, 5) is 12.3. The number of carbonyl (C=O) groups is 1. The van der Waals surface area contributed by atoms with Crippen molar-refractivity contribution < 1.29 is 17.9 Å². The zero-order valence-corrected chi connectivity index (χ0v) is 17.1. The number of hydrogen-bond donors (Lipinski definition) is 3. The predicted molar refractivity (Wildman–Crippen MR) is 110 cm³/mol. The molecule has 1 amide bonds. The van der Waals surface area contributed by atoms with Crippen molar-refractivity contribution in [1.29, 1.82) is 0 Å². The summed E-state index contributed by atoms with van der Waals surface area (Å²) in [6, 6.07) is 13.4. The molecule has 0 aromatic heterocycles. The van der Waals surface area contributed by atoms with E-state index in [-0.39, 0.29) is 41.4 Å². The maximum atomic E-state index is 12.5. The standard InChI is InChI=1S/C19H23N3O4S.ClH/c1-26-17-10-9-15(11-18(17)27(24,25)22-14-7-8-14)21-19(23)12-16(20)13-5-3-2-4-6-13;/h2-6,9-11,14,16,22H,7-8,12,20H2,1H3,(H,21,23);1H. The van der Waals surface area contributed by atoms with Gasteiger partial charge in [-0.2, -0.15) is 0 Å². The van der Waals surface area contributed by atoms with Gasteiger partial charge in [0.2, 0.25) is 15.9 Å². The zero-order valence-electron chi connectivity index (χ0n) is 15.4. The quantitative estimate of drug-likeness (QED) is 0.602. The van der Waals surface area contributed by atoms with Gasteiger partial charge in [0.15, 0.2) is 0 Å². The van der Waals surface area contributed by atoms with E-state index in [2.05, 4.69) is 10.0 Å². The van der Waals surface area contributed by atoms with E-state index in [1.807, 2.05) is 30.3 Å². The predicted octanol–water partition coefficient (Wildman–Crippen LogP) is 2.59. The topological polar surface area (TPSA) is 111 Å². The van der Waals surface area contributed by atoms with E-state index in [0.717, 1.165) is 18.4 Å². The van der Waals surface area contributed by atoms with Crippen LogP contribution in [0.25, 0.3) is 0 Å². The Morgan fingerprint density at radius 3 is 2.50 bits per heavy atom. The van der Waals surface area contributed by atoms with Crippen molar-refractivity contribution >= 4 is 34.0 Å². The number of hydrogen-bond acceptors (Lipinski definition) is 5. The molecule has 7 nitrogen and oxygen atoms in total. The molecule has 2 aromatic carbocycles. The summed E-state index contributed by atoms with van der Waals surface area (Å²) in [6.07, 6.45) is 1.74. The van der Waals surface area contributed by atoms with Crippen LogP contribution in [0, 0.1) is 0 Å². The SMILES string of the molecule is COc1ccc(NC(=O)CC(N)c2ccccc2)cc1S(=O)(=O)NC1CC1.Cl. The molecule has 0 radical (unpaired) electrons. The Morgan fingerprint density at radius 1 is 1.21 bits per heavy atom. The first-order chi connectivity index (χ1) is 12.9. The first-order valence-electron chi connectivity index (χ1n) is 8.70. The second-order valence-electron chi connectivity index (χ2n) is 6.53. The van der Waals surface area contributed by atoms with Crippen LogP contribution < -0.4 is 20.5 Å². The molecule has 3 rings (SSSR count). The molecule has 1 aliphatic carbocycles. The molecule has 0 spiro atoms. The van der Waals surface area contributed by atoms with Gasteiger partial charge in [0.25, 0.3) is 0 Å². The Morgan fingerprint density at radius 2 is 1.89 bits per heavy atom. The monoisotopic (exact) mass is 425 g/mol. The van der Waals surface area contributed by atoms with E-state index in [1.54, 1.807) is 6.07 Å². The second-order valence-corrected chi connectivity index (χ2v) is 8.21. The highest BCUT2D eigenvalue weighted by Crippen LogP contribution is 2.30. The lowest BCUT2D eigenvalue weighted by Crippen LogP contribution is -2.26. The number of amides is 1. The van der Waals surface area contributed by atoms with E-state index in [4.69, 9.17) is 10.5 Å². The molecule has 0 aliphatic heterocycles. The lowest BCUT2D eigenvalue weighted by atomic mass is 10.0. The zero-order chi connectivity index (χ0) is 19.4. The number of halogens is 1. The molecule has 9 heteroatoms. The third-order valence-electron chi connectivity index (χ3n) is 4.27. The molecular formula is C19H24ClN3O4S. The van der Waals surface area contributed by atoms with Gasteiger partial charge in [-0.15, -0.1) is 12.4 Å². The van der Waals surface area contributed by atoms with Crippen LogP contribution in [0.1, 0.15) is 30.9 Å². The van der Waals surface area contributed by atoms with Crippen molar-refractivity contribution in [1.82, 2.24) is 4.72 Å². The first kappa shape index (κ1) is 22.2.